The minimum absolute atomic E-state index is 0.253. The summed E-state index contributed by atoms with van der Waals surface area (Å²) in [4.78, 5) is 17.2. The molecule has 23 heavy (non-hydrogen) atoms. The Bertz CT molecular complexity index is 469. The van der Waals surface area contributed by atoms with Crippen molar-refractivity contribution >= 4 is 11.5 Å². The fraction of sp³-hybridized carbons (Fsp3) is 0.650. The van der Waals surface area contributed by atoms with Crippen molar-refractivity contribution in [3.63, 3.8) is 0 Å². The second-order valence-corrected chi connectivity index (χ2v) is 6.92. The molecule has 3 heteroatoms. The van der Waals surface area contributed by atoms with Crippen LogP contribution in [-0.4, -0.2) is 43.4 Å². The maximum atomic E-state index is 12.5. The lowest BCUT2D eigenvalue weighted by molar-refractivity contribution is 0.0900. The van der Waals surface area contributed by atoms with Crippen LogP contribution in [0.15, 0.2) is 24.3 Å². The number of anilines is 1. The first-order valence-electron chi connectivity index (χ1n) is 9.24. The van der Waals surface area contributed by atoms with Gasteiger partial charge < -0.3 is 4.90 Å². The number of rotatable bonds is 8. The van der Waals surface area contributed by atoms with Crippen molar-refractivity contribution in [2.75, 3.05) is 37.6 Å². The van der Waals surface area contributed by atoms with Gasteiger partial charge in [-0.3, -0.25) is 9.69 Å². The van der Waals surface area contributed by atoms with Crippen LogP contribution in [-0.2, 0) is 0 Å². The normalized spacial score (nSPS) is 16.5. The lowest BCUT2D eigenvalue weighted by atomic mass is 9.98. The zero-order chi connectivity index (χ0) is 16.7. The molecule has 0 aromatic heterocycles. The van der Waals surface area contributed by atoms with Crippen LogP contribution >= 0.6 is 0 Å². The van der Waals surface area contributed by atoms with E-state index in [-0.39, 0.29) is 5.78 Å². The Morgan fingerprint density at radius 2 is 1.65 bits per heavy atom. The van der Waals surface area contributed by atoms with Gasteiger partial charge >= 0.3 is 0 Å². The van der Waals surface area contributed by atoms with Crippen molar-refractivity contribution in [3.05, 3.63) is 29.8 Å². The molecule has 0 N–H and O–H groups in total. The monoisotopic (exact) mass is 316 g/mol. The molecule has 1 aliphatic heterocycles. The zero-order valence-corrected chi connectivity index (χ0v) is 15.1. The summed E-state index contributed by atoms with van der Waals surface area (Å²) in [7, 11) is 0. The third-order valence-electron chi connectivity index (χ3n) is 4.78. The molecule has 128 valence electrons. The van der Waals surface area contributed by atoms with Gasteiger partial charge in [-0.2, -0.15) is 0 Å². The Kier molecular flexibility index (Phi) is 7.10. The number of nitrogens with zero attached hydrogens (tertiary/aromatic N) is 2. The molecule has 3 nitrogen and oxygen atoms in total. The number of ketones is 1. The van der Waals surface area contributed by atoms with Crippen LogP contribution in [0.1, 0.15) is 56.8 Å². The average molecular weight is 316 g/mol. The number of hydrogen-bond acceptors (Lipinski definition) is 3. The van der Waals surface area contributed by atoms with E-state index in [9.17, 15) is 4.79 Å². The van der Waals surface area contributed by atoms with E-state index >= 15 is 0 Å². The standard InChI is InChI=1S/C20H32N2O/c1-4-12-22(13-5-2)19-8-6-18(7-9-19)20(23)16-21-14-10-17(3)11-15-21/h6-9,17H,4-5,10-16H2,1-3H3. The number of piperidine rings is 1. The average Bonchev–Trinajstić information content (AvgIpc) is 2.57. The summed E-state index contributed by atoms with van der Waals surface area (Å²) in [5.74, 6) is 1.06. The minimum atomic E-state index is 0.253. The first kappa shape index (κ1) is 18.0. The number of likely N-dealkylation sites (tertiary alicyclic amines) is 1. The molecule has 1 aliphatic rings. The molecule has 1 heterocycles. The topological polar surface area (TPSA) is 23.6 Å². The summed E-state index contributed by atoms with van der Waals surface area (Å²) in [6.07, 6.45) is 4.73. The summed E-state index contributed by atoms with van der Waals surface area (Å²) in [6, 6.07) is 8.22. The Hall–Kier alpha value is -1.35. The molecule has 1 fully saturated rings. The van der Waals surface area contributed by atoms with E-state index in [0.717, 1.165) is 50.5 Å². The van der Waals surface area contributed by atoms with Crippen LogP contribution in [0.2, 0.25) is 0 Å². The first-order valence-corrected chi connectivity index (χ1v) is 9.24. The van der Waals surface area contributed by atoms with E-state index in [1.54, 1.807) is 0 Å². The number of Topliss-reactive ketones (excluding diaryl/α,β-unsaturated/α-hetero) is 1. The van der Waals surface area contributed by atoms with Crippen molar-refractivity contribution in [3.8, 4) is 0 Å². The van der Waals surface area contributed by atoms with Gasteiger partial charge in [0.2, 0.25) is 0 Å². The molecule has 1 aromatic rings. The van der Waals surface area contributed by atoms with Gasteiger partial charge in [0.05, 0.1) is 6.54 Å². The van der Waals surface area contributed by atoms with Crippen molar-refractivity contribution in [2.45, 2.75) is 46.5 Å². The zero-order valence-electron chi connectivity index (χ0n) is 15.1. The fourth-order valence-electron chi connectivity index (χ4n) is 3.28. The largest absolute Gasteiger partial charge is 0.372 e. The number of benzene rings is 1. The van der Waals surface area contributed by atoms with E-state index in [1.807, 2.05) is 12.1 Å². The predicted molar refractivity (Wildman–Crippen MR) is 98.4 cm³/mol. The van der Waals surface area contributed by atoms with E-state index in [0.29, 0.717) is 6.54 Å². The predicted octanol–water partition coefficient (Wildman–Crippen LogP) is 4.23. The van der Waals surface area contributed by atoms with Crippen molar-refractivity contribution in [1.29, 1.82) is 0 Å². The maximum Gasteiger partial charge on any atom is 0.176 e. The molecule has 0 saturated carbocycles. The molecule has 0 unspecified atom stereocenters. The Labute approximate surface area is 141 Å². The first-order chi connectivity index (χ1) is 11.1. The van der Waals surface area contributed by atoms with Gasteiger partial charge in [-0.25, -0.2) is 0 Å². The molecule has 0 bridgehead atoms. The molecule has 0 amide bonds. The smallest absolute Gasteiger partial charge is 0.176 e. The second kappa shape index (κ2) is 9.07. The van der Waals surface area contributed by atoms with Crippen molar-refractivity contribution in [2.24, 2.45) is 5.92 Å². The van der Waals surface area contributed by atoms with E-state index < -0.39 is 0 Å². The highest BCUT2D eigenvalue weighted by molar-refractivity contribution is 5.97. The number of hydrogen-bond donors (Lipinski definition) is 0. The fourth-order valence-corrected chi connectivity index (χ4v) is 3.28. The van der Waals surface area contributed by atoms with E-state index in [1.165, 1.54) is 18.5 Å². The molecule has 0 spiro atoms. The summed E-state index contributed by atoms with van der Waals surface area (Å²) >= 11 is 0. The van der Waals surface area contributed by atoms with E-state index in [4.69, 9.17) is 0 Å². The van der Waals surface area contributed by atoms with Gasteiger partial charge in [0.25, 0.3) is 0 Å². The van der Waals surface area contributed by atoms with Gasteiger partial charge in [0.15, 0.2) is 5.78 Å². The Morgan fingerprint density at radius 1 is 1.09 bits per heavy atom. The Balaban J connectivity index is 1.94. The highest BCUT2D eigenvalue weighted by Gasteiger charge is 2.18. The van der Waals surface area contributed by atoms with Crippen LogP contribution in [0.3, 0.4) is 0 Å². The van der Waals surface area contributed by atoms with Gasteiger partial charge in [0, 0.05) is 24.3 Å². The lowest BCUT2D eigenvalue weighted by Crippen LogP contribution is -2.36. The molecule has 0 atom stereocenters. The minimum Gasteiger partial charge on any atom is -0.372 e. The SMILES string of the molecule is CCCN(CCC)c1ccc(C(=O)CN2CCC(C)CC2)cc1. The third-order valence-corrected chi connectivity index (χ3v) is 4.78. The number of carbonyl (C=O) groups excluding carboxylic acids is 1. The molecule has 1 aromatic carbocycles. The summed E-state index contributed by atoms with van der Waals surface area (Å²) in [6.45, 7) is 11.6. The maximum absolute atomic E-state index is 12.5. The molecule has 1 saturated heterocycles. The van der Waals surface area contributed by atoms with Gasteiger partial charge in [-0.1, -0.05) is 20.8 Å². The van der Waals surface area contributed by atoms with Crippen molar-refractivity contribution in [1.82, 2.24) is 4.90 Å². The van der Waals surface area contributed by atoms with Crippen LogP contribution in [0.4, 0.5) is 5.69 Å². The molecule has 0 radical (unpaired) electrons. The Morgan fingerprint density at radius 3 is 2.17 bits per heavy atom. The summed E-state index contributed by atoms with van der Waals surface area (Å²) in [5, 5.41) is 0. The molecule has 2 rings (SSSR count). The lowest BCUT2D eigenvalue weighted by Gasteiger charge is -2.29. The highest BCUT2D eigenvalue weighted by atomic mass is 16.1. The molecular weight excluding hydrogens is 284 g/mol. The summed E-state index contributed by atoms with van der Waals surface area (Å²) < 4.78 is 0. The van der Waals surface area contributed by atoms with Crippen LogP contribution in [0.25, 0.3) is 0 Å². The highest BCUT2D eigenvalue weighted by Crippen LogP contribution is 2.19. The van der Waals surface area contributed by atoms with Crippen LogP contribution < -0.4 is 4.90 Å². The van der Waals surface area contributed by atoms with Gasteiger partial charge in [-0.15, -0.1) is 0 Å². The second-order valence-electron chi connectivity index (χ2n) is 6.92. The van der Waals surface area contributed by atoms with Crippen LogP contribution in [0.5, 0.6) is 0 Å². The van der Waals surface area contributed by atoms with Crippen LogP contribution in [0, 0.1) is 5.92 Å². The third kappa shape index (κ3) is 5.35. The molecular formula is C20H32N2O. The summed E-state index contributed by atoms with van der Waals surface area (Å²) in [5.41, 5.74) is 2.08. The van der Waals surface area contributed by atoms with Gasteiger partial charge in [0.1, 0.15) is 0 Å². The van der Waals surface area contributed by atoms with E-state index in [2.05, 4.69) is 42.7 Å². The number of carbonyl (C=O) groups is 1. The molecule has 0 aliphatic carbocycles. The van der Waals surface area contributed by atoms with Gasteiger partial charge in [-0.05, 0) is 69.0 Å². The van der Waals surface area contributed by atoms with Crippen molar-refractivity contribution < 1.29 is 4.79 Å². The quantitative estimate of drug-likeness (QED) is 0.671.